The molecule has 0 bridgehead atoms. The Kier molecular flexibility index (Phi) is 7.24. The molecular weight excluding hydrogens is 492 g/mol. The summed E-state index contributed by atoms with van der Waals surface area (Å²) in [6.45, 7) is 8.74. The van der Waals surface area contributed by atoms with Gasteiger partial charge in [0.15, 0.2) is 5.11 Å². The molecule has 1 fully saturated rings. The molecule has 1 aromatic carbocycles. The summed E-state index contributed by atoms with van der Waals surface area (Å²) in [4.78, 5) is 24.3. The van der Waals surface area contributed by atoms with Crippen molar-refractivity contribution < 1.29 is 4.79 Å². The number of anilines is 1. The van der Waals surface area contributed by atoms with Crippen LogP contribution in [0.2, 0.25) is 0 Å². The number of carbonyl (C=O) groups is 1. The van der Waals surface area contributed by atoms with Crippen LogP contribution in [0, 0.1) is 27.7 Å². The largest absolute Gasteiger partial charge is 0.352 e. The summed E-state index contributed by atoms with van der Waals surface area (Å²) in [5.74, 6) is 0.829. The van der Waals surface area contributed by atoms with E-state index in [0.717, 1.165) is 45.3 Å². The molecule has 3 aromatic heterocycles. The maximum Gasteiger partial charge on any atom is 0.226 e. The van der Waals surface area contributed by atoms with E-state index < -0.39 is 0 Å². The Hall–Kier alpha value is -4.04. The van der Waals surface area contributed by atoms with Crippen molar-refractivity contribution in [3.05, 3.63) is 107 Å². The number of rotatable bonds is 7. The molecule has 0 radical (unpaired) electrons. The first-order chi connectivity index (χ1) is 18.3. The van der Waals surface area contributed by atoms with Crippen LogP contribution in [0.3, 0.4) is 0 Å². The van der Waals surface area contributed by atoms with Gasteiger partial charge in [-0.25, -0.2) is 4.98 Å². The molecule has 7 nitrogen and oxygen atoms in total. The highest BCUT2D eigenvalue weighted by Crippen LogP contribution is 2.41. The monoisotopic (exact) mass is 524 g/mol. The van der Waals surface area contributed by atoms with Crippen molar-refractivity contribution in [2.75, 3.05) is 11.9 Å². The number of amides is 1. The Morgan fingerprint density at radius 1 is 1.00 bits per heavy atom. The van der Waals surface area contributed by atoms with E-state index >= 15 is 0 Å². The standard InChI is InChI=1S/C30H32N6OS/c1-19-8-11-23(12-9-19)33-27(37)14-16-35-29(28(34-30(35)38)25-7-5-6-15-31-25)24-17-21(3)36(22(24)4)26-13-10-20(2)18-32-26/h5-13,15,17-18,28-29H,14,16H2,1-4H3,(H,33,37)(H,34,38)/t28-,29-/m1/s1. The highest BCUT2D eigenvalue weighted by molar-refractivity contribution is 7.80. The van der Waals surface area contributed by atoms with Gasteiger partial charge in [0.05, 0.1) is 17.8 Å². The number of aromatic nitrogens is 3. The number of aryl methyl sites for hydroxylation is 3. The lowest BCUT2D eigenvalue weighted by molar-refractivity contribution is -0.116. The molecule has 1 saturated heterocycles. The van der Waals surface area contributed by atoms with Crippen LogP contribution in [0.5, 0.6) is 0 Å². The Labute approximate surface area is 228 Å². The molecule has 8 heteroatoms. The third kappa shape index (κ3) is 5.17. The van der Waals surface area contributed by atoms with Crippen LogP contribution in [-0.4, -0.2) is 37.0 Å². The second-order valence-corrected chi connectivity index (χ2v) is 10.2. The number of hydrogen-bond donors (Lipinski definition) is 2. The molecule has 1 amide bonds. The maximum atomic E-state index is 12.9. The van der Waals surface area contributed by atoms with E-state index in [9.17, 15) is 4.79 Å². The van der Waals surface area contributed by atoms with E-state index in [1.807, 2.05) is 68.6 Å². The number of hydrogen-bond acceptors (Lipinski definition) is 4. The average Bonchev–Trinajstić information content (AvgIpc) is 3.39. The topological polar surface area (TPSA) is 75.1 Å². The number of nitrogens with one attached hydrogen (secondary N) is 2. The summed E-state index contributed by atoms with van der Waals surface area (Å²) in [5.41, 5.74) is 7.27. The molecular formula is C30H32N6OS. The molecule has 1 aliphatic rings. The molecule has 0 aliphatic carbocycles. The van der Waals surface area contributed by atoms with Gasteiger partial charge in [-0.3, -0.25) is 9.78 Å². The van der Waals surface area contributed by atoms with Gasteiger partial charge >= 0.3 is 0 Å². The fraction of sp³-hybridized carbons (Fsp3) is 0.267. The van der Waals surface area contributed by atoms with Crippen LogP contribution in [0.1, 0.15) is 52.3 Å². The van der Waals surface area contributed by atoms with Crippen LogP contribution < -0.4 is 10.6 Å². The van der Waals surface area contributed by atoms with Crippen molar-refractivity contribution in [3.8, 4) is 5.82 Å². The number of pyridine rings is 2. The Balaban J connectivity index is 1.46. The number of nitrogens with zero attached hydrogens (tertiary/aromatic N) is 4. The van der Waals surface area contributed by atoms with E-state index in [2.05, 4.69) is 56.0 Å². The van der Waals surface area contributed by atoms with Crippen molar-refractivity contribution in [2.24, 2.45) is 0 Å². The molecule has 2 N–H and O–H groups in total. The van der Waals surface area contributed by atoms with Crippen LogP contribution in [0.25, 0.3) is 5.82 Å². The van der Waals surface area contributed by atoms with Crippen molar-refractivity contribution in [2.45, 2.75) is 46.2 Å². The maximum absolute atomic E-state index is 12.9. The highest BCUT2D eigenvalue weighted by Gasteiger charge is 2.41. The van der Waals surface area contributed by atoms with Gasteiger partial charge in [-0.15, -0.1) is 0 Å². The first-order valence-corrected chi connectivity index (χ1v) is 13.2. The van der Waals surface area contributed by atoms with E-state index in [1.165, 1.54) is 0 Å². The molecule has 38 heavy (non-hydrogen) atoms. The summed E-state index contributed by atoms with van der Waals surface area (Å²) in [7, 11) is 0. The van der Waals surface area contributed by atoms with Gasteiger partial charge in [0, 0.05) is 42.4 Å². The quantitative estimate of drug-likeness (QED) is 0.311. The molecule has 4 aromatic rings. The normalized spacial score (nSPS) is 16.9. The van der Waals surface area contributed by atoms with Gasteiger partial charge in [-0.2, -0.15) is 0 Å². The minimum atomic E-state index is -0.149. The van der Waals surface area contributed by atoms with E-state index in [0.29, 0.717) is 18.1 Å². The van der Waals surface area contributed by atoms with Crippen LogP contribution in [-0.2, 0) is 4.79 Å². The lowest BCUT2D eigenvalue weighted by Gasteiger charge is -2.28. The molecule has 0 unspecified atom stereocenters. The summed E-state index contributed by atoms with van der Waals surface area (Å²) in [6, 6.07) is 19.8. The van der Waals surface area contributed by atoms with Crippen LogP contribution in [0.4, 0.5) is 5.69 Å². The van der Waals surface area contributed by atoms with Gasteiger partial charge in [0.25, 0.3) is 0 Å². The fourth-order valence-electron chi connectivity index (χ4n) is 5.10. The average molecular weight is 525 g/mol. The predicted molar refractivity (Wildman–Crippen MR) is 154 cm³/mol. The van der Waals surface area contributed by atoms with Crippen LogP contribution >= 0.6 is 12.2 Å². The van der Waals surface area contributed by atoms with E-state index in [1.54, 1.807) is 6.20 Å². The molecule has 194 valence electrons. The second-order valence-electron chi connectivity index (χ2n) is 9.84. The van der Waals surface area contributed by atoms with Gasteiger partial charge < -0.3 is 20.1 Å². The Bertz CT molecular complexity index is 1450. The van der Waals surface area contributed by atoms with Gasteiger partial charge in [-0.1, -0.05) is 29.8 Å². The summed E-state index contributed by atoms with van der Waals surface area (Å²) >= 11 is 5.82. The zero-order chi connectivity index (χ0) is 26.8. The zero-order valence-corrected chi connectivity index (χ0v) is 22.9. The smallest absolute Gasteiger partial charge is 0.226 e. The predicted octanol–water partition coefficient (Wildman–Crippen LogP) is 5.50. The number of carbonyl (C=O) groups excluding carboxylic acids is 1. The van der Waals surface area contributed by atoms with E-state index in [-0.39, 0.29) is 18.0 Å². The molecule has 0 saturated carbocycles. The van der Waals surface area contributed by atoms with Crippen molar-refractivity contribution in [3.63, 3.8) is 0 Å². The minimum Gasteiger partial charge on any atom is -0.352 e. The van der Waals surface area contributed by atoms with Crippen LogP contribution in [0.15, 0.2) is 73.1 Å². The minimum absolute atomic E-state index is 0.0500. The van der Waals surface area contributed by atoms with Gasteiger partial charge in [0.2, 0.25) is 5.91 Å². The first kappa shape index (κ1) is 25.6. The second kappa shape index (κ2) is 10.8. The van der Waals surface area contributed by atoms with Crippen molar-refractivity contribution in [1.82, 2.24) is 24.8 Å². The number of thiocarbonyl (C=S) groups is 1. The molecule has 2 atom stereocenters. The van der Waals surface area contributed by atoms with Gasteiger partial charge in [-0.05, 0) is 87.4 Å². The Morgan fingerprint density at radius 3 is 2.45 bits per heavy atom. The van der Waals surface area contributed by atoms with E-state index in [4.69, 9.17) is 12.2 Å². The summed E-state index contributed by atoms with van der Waals surface area (Å²) in [6.07, 6.45) is 3.99. The number of benzene rings is 1. The fourth-order valence-corrected chi connectivity index (χ4v) is 5.43. The molecule has 5 rings (SSSR count). The SMILES string of the molecule is Cc1ccc(NC(=O)CCN2C(=S)N[C@H](c3ccccn3)[C@H]2c2cc(C)n(-c3ccc(C)cn3)c2C)cc1. The lowest BCUT2D eigenvalue weighted by atomic mass is 9.96. The van der Waals surface area contributed by atoms with Gasteiger partial charge in [0.1, 0.15) is 5.82 Å². The molecule has 4 heterocycles. The van der Waals surface area contributed by atoms with Crippen molar-refractivity contribution >= 4 is 28.9 Å². The molecule has 0 spiro atoms. The summed E-state index contributed by atoms with van der Waals surface area (Å²) in [5, 5.41) is 7.11. The summed E-state index contributed by atoms with van der Waals surface area (Å²) < 4.78 is 2.17. The van der Waals surface area contributed by atoms with Crippen molar-refractivity contribution in [1.29, 1.82) is 0 Å². The zero-order valence-electron chi connectivity index (χ0n) is 22.1. The first-order valence-electron chi connectivity index (χ1n) is 12.8. The Morgan fingerprint density at radius 2 is 1.76 bits per heavy atom. The molecule has 1 aliphatic heterocycles. The lowest BCUT2D eigenvalue weighted by Crippen LogP contribution is -2.32. The highest BCUT2D eigenvalue weighted by atomic mass is 32.1. The third-order valence-corrected chi connectivity index (χ3v) is 7.38. The third-order valence-electron chi connectivity index (χ3n) is 7.03.